The minimum Gasteiger partial charge on any atom is -0.491 e. The van der Waals surface area contributed by atoms with Gasteiger partial charge in [0.1, 0.15) is 11.4 Å². The Morgan fingerprint density at radius 3 is 2.33 bits per heavy atom. The van der Waals surface area contributed by atoms with Gasteiger partial charge in [0, 0.05) is 13.1 Å². The maximum atomic E-state index is 13.3. The van der Waals surface area contributed by atoms with Crippen LogP contribution in [-0.4, -0.2) is 60.1 Å². The Bertz CT molecular complexity index is 798. The molecule has 6 heteroatoms. The lowest BCUT2D eigenvalue weighted by molar-refractivity contribution is -0.138. The standard InChI is InChI=1S/C24H34N2O4/c1-16(2)29-14-13-26-23(27)21(19-8-10-20(11-9-19)30-17(3)4)22(24(26)28)25-12-6-7-18(5)15-25/h8-11,16-18H,6-7,12-15H2,1-5H3. The molecular formula is C24H34N2O4. The molecule has 0 aromatic heterocycles. The summed E-state index contributed by atoms with van der Waals surface area (Å²) in [7, 11) is 0. The normalized spacial score (nSPS) is 20.2. The predicted octanol–water partition coefficient (Wildman–Crippen LogP) is 3.71. The molecule has 3 rings (SSSR count). The first-order valence-corrected chi connectivity index (χ1v) is 11.0. The van der Waals surface area contributed by atoms with Crippen LogP contribution in [0.2, 0.25) is 0 Å². The smallest absolute Gasteiger partial charge is 0.277 e. The molecule has 1 aromatic rings. The summed E-state index contributed by atoms with van der Waals surface area (Å²) in [6, 6.07) is 7.47. The van der Waals surface area contributed by atoms with Crippen LogP contribution < -0.4 is 4.74 Å². The molecule has 0 spiro atoms. The average Bonchev–Trinajstić information content (AvgIpc) is 2.92. The Morgan fingerprint density at radius 2 is 1.73 bits per heavy atom. The molecular weight excluding hydrogens is 380 g/mol. The third-order valence-corrected chi connectivity index (χ3v) is 5.40. The number of amides is 2. The molecule has 2 amide bonds. The van der Waals surface area contributed by atoms with E-state index in [0.717, 1.165) is 37.2 Å². The third-order valence-electron chi connectivity index (χ3n) is 5.40. The summed E-state index contributed by atoms with van der Waals surface area (Å²) in [5.74, 6) is 0.800. The first kappa shape index (κ1) is 22.3. The Morgan fingerprint density at radius 1 is 1.03 bits per heavy atom. The van der Waals surface area contributed by atoms with E-state index in [1.165, 1.54) is 4.90 Å². The second kappa shape index (κ2) is 9.65. The van der Waals surface area contributed by atoms with Crippen molar-refractivity contribution in [3.8, 4) is 5.75 Å². The highest BCUT2D eigenvalue weighted by atomic mass is 16.5. The van der Waals surface area contributed by atoms with Gasteiger partial charge < -0.3 is 14.4 Å². The number of rotatable bonds is 8. The number of carbonyl (C=O) groups excluding carboxylic acids is 2. The number of benzene rings is 1. The first-order valence-electron chi connectivity index (χ1n) is 11.0. The molecule has 164 valence electrons. The molecule has 0 radical (unpaired) electrons. The molecule has 2 heterocycles. The molecule has 2 aliphatic heterocycles. The van der Waals surface area contributed by atoms with Gasteiger partial charge in [-0.05, 0) is 64.2 Å². The Labute approximate surface area is 179 Å². The third kappa shape index (κ3) is 5.04. The molecule has 1 saturated heterocycles. The second-order valence-electron chi connectivity index (χ2n) is 8.79. The van der Waals surface area contributed by atoms with Crippen molar-refractivity contribution in [2.75, 3.05) is 26.2 Å². The van der Waals surface area contributed by atoms with Gasteiger partial charge in [-0.2, -0.15) is 0 Å². The van der Waals surface area contributed by atoms with Gasteiger partial charge in [0.15, 0.2) is 0 Å². The summed E-state index contributed by atoms with van der Waals surface area (Å²) >= 11 is 0. The number of piperidine rings is 1. The second-order valence-corrected chi connectivity index (χ2v) is 8.79. The van der Waals surface area contributed by atoms with Crippen LogP contribution in [0.15, 0.2) is 30.0 Å². The zero-order valence-corrected chi connectivity index (χ0v) is 18.8. The Balaban J connectivity index is 1.92. The van der Waals surface area contributed by atoms with E-state index in [2.05, 4.69) is 11.8 Å². The fourth-order valence-electron chi connectivity index (χ4n) is 4.06. The summed E-state index contributed by atoms with van der Waals surface area (Å²) in [6.45, 7) is 12.2. The zero-order chi connectivity index (χ0) is 21.8. The van der Waals surface area contributed by atoms with Crippen LogP contribution in [0, 0.1) is 5.92 Å². The highest BCUT2D eigenvalue weighted by Crippen LogP contribution is 2.34. The van der Waals surface area contributed by atoms with Crippen LogP contribution >= 0.6 is 0 Å². The maximum Gasteiger partial charge on any atom is 0.277 e. The minimum atomic E-state index is -0.238. The number of hydrogen-bond acceptors (Lipinski definition) is 5. The lowest BCUT2D eigenvalue weighted by Crippen LogP contribution is -2.40. The average molecular weight is 415 g/mol. The van der Waals surface area contributed by atoms with Crippen LogP contribution in [0.1, 0.15) is 53.0 Å². The summed E-state index contributed by atoms with van der Waals surface area (Å²) in [5.41, 5.74) is 1.79. The molecule has 30 heavy (non-hydrogen) atoms. The minimum absolute atomic E-state index is 0.0566. The first-order chi connectivity index (χ1) is 14.3. The van der Waals surface area contributed by atoms with Crippen molar-refractivity contribution in [3.63, 3.8) is 0 Å². The van der Waals surface area contributed by atoms with E-state index in [9.17, 15) is 9.59 Å². The van der Waals surface area contributed by atoms with E-state index in [1.54, 1.807) is 0 Å². The van der Waals surface area contributed by atoms with E-state index < -0.39 is 0 Å². The summed E-state index contributed by atoms with van der Waals surface area (Å²) in [6.07, 6.45) is 2.30. The quantitative estimate of drug-likeness (QED) is 0.607. The van der Waals surface area contributed by atoms with Crippen LogP contribution in [0.4, 0.5) is 0 Å². The van der Waals surface area contributed by atoms with Gasteiger partial charge in [-0.15, -0.1) is 0 Å². The monoisotopic (exact) mass is 414 g/mol. The number of ether oxygens (including phenoxy) is 2. The van der Waals surface area contributed by atoms with Crippen LogP contribution in [-0.2, 0) is 14.3 Å². The van der Waals surface area contributed by atoms with Gasteiger partial charge in [0.25, 0.3) is 11.8 Å². The predicted molar refractivity (Wildman–Crippen MR) is 117 cm³/mol. The van der Waals surface area contributed by atoms with Crippen molar-refractivity contribution in [2.24, 2.45) is 5.92 Å². The van der Waals surface area contributed by atoms with E-state index in [-0.39, 0.29) is 30.6 Å². The van der Waals surface area contributed by atoms with Crippen molar-refractivity contribution in [1.82, 2.24) is 9.80 Å². The summed E-state index contributed by atoms with van der Waals surface area (Å²) in [5, 5.41) is 0. The van der Waals surface area contributed by atoms with Crippen LogP contribution in [0.25, 0.3) is 5.57 Å². The molecule has 6 nitrogen and oxygen atoms in total. The van der Waals surface area contributed by atoms with E-state index in [0.29, 0.717) is 23.8 Å². The van der Waals surface area contributed by atoms with Crippen molar-refractivity contribution in [1.29, 1.82) is 0 Å². The fraction of sp³-hybridized carbons (Fsp3) is 0.583. The topological polar surface area (TPSA) is 59.1 Å². The molecule has 0 saturated carbocycles. The van der Waals surface area contributed by atoms with Gasteiger partial charge in [-0.3, -0.25) is 14.5 Å². The number of likely N-dealkylation sites (tertiary alicyclic amines) is 1. The molecule has 1 unspecified atom stereocenters. The molecule has 0 aliphatic carbocycles. The van der Waals surface area contributed by atoms with Gasteiger partial charge in [0.05, 0.1) is 30.9 Å². The molecule has 2 aliphatic rings. The summed E-state index contributed by atoms with van der Waals surface area (Å²) < 4.78 is 11.3. The number of hydrogen-bond donors (Lipinski definition) is 0. The van der Waals surface area contributed by atoms with Gasteiger partial charge in [0.2, 0.25) is 0 Å². The number of imide groups is 1. The Hall–Kier alpha value is -2.34. The molecule has 1 aromatic carbocycles. The molecule has 1 fully saturated rings. The van der Waals surface area contributed by atoms with Crippen molar-refractivity contribution in [2.45, 2.75) is 59.7 Å². The van der Waals surface area contributed by atoms with Gasteiger partial charge in [-0.1, -0.05) is 19.1 Å². The van der Waals surface area contributed by atoms with Crippen LogP contribution in [0.3, 0.4) is 0 Å². The van der Waals surface area contributed by atoms with Crippen molar-refractivity contribution < 1.29 is 19.1 Å². The highest BCUT2D eigenvalue weighted by Gasteiger charge is 2.42. The van der Waals surface area contributed by atoms with Gasteiger partial charge >= 0.3 is 0 Å². The molecule has 1 atom stereocenters. The fourth-order valence-corrected chi connectivity index (χ4v) is 4.06. The largest absolute Gasteiger partial charge is 0.491 e. The van der Waals surface area contributed by atoms with Gasteiger partial charge in [-0.25, -0.2) is 0 Å². The maximum absolute atomic E-state index is 13.3. The van der Waals surface area contributed by atoms with Crippen molar-refractivity contribution >= 4 is 17.4 Å². The van der Waals surface area contributed by atoms with Crippen LogP contribution in [0.5, 0.6) is 5.75 Å². The van der Waals surface area contributed by atoms with Crippen molar-refractivity contribution in [3.05, 3.63) is 35.5 Å². The van der Waals surface area contributed by atoms with E-state index in [1.807, 2.05) is 52.0 Å². The molecule has 0 bridgehead atoms. The molecule has 0 N–H and O–H groups in total. The van der Waals surface area contributed by atoms with E-state index in [4.69, 9.17) is 9.47 Å². The van der Waals surface area contributed by atoms with E-state index >= 15 is 0 Å². The summed E-state index contributed by atoms with van der Waals surface area (Å²) in [4.78, 5) is 30.1. The lowest BCUT2D eigenvalue weighted by atomic mass is 9.97. The SMILES string of the molecule is CC1CCCN(C2=C(c3ccc(OC(C)C)cc3)C(=O)N(CCOC(C)C)C2=O)C1. The number of carbonyl (C=O) groups is 2. The highest BCUT2D eigenvalue weighted by molar-refractivity contribution is 6.35. The Kier molecular flexibility index (Phi) is 7.19. The number of nitrogens with zero attached hydrogens (tertiary/aromatic N) is 2. The zero-order valence-electron chi connectivity index (χ0n) is 18.8. The lowest BCUT2D eigenvalue weighted by Gasteiger charge is -2.33.